The number of nitrogens with zero attached hydrogens (tertiary/aromatic N) is 3. The Morgan fingerprint density at radius 2 is 1.85 bits per heavy atom. The number of hydrogen-bond acceptors (Lipinski definition) is 5. The zero-order valence-corrected chi connectivity index (χ0v) is 16.7. The van der Waals surface area contributed by atoms with Gasteiger partial charge in [0.05, 0.1) is 12.3 Å². The summed E-state index contributed by atoms with van der Waals surface area (Å²) in [7, 11) is 1.61. The summed E-state index contributed by atoms with van der Waals surface area (Å²) in [5.41, 5.74) is 3.97. The van der Waals surface area contributed by atoms with Crippen LogP contribution in [0, 0.1) is 12.8 Å². The molecule has 0 bridgehead atoms. The topological polar surface area (TPSA) is 58.5 Å². The zero-order valence-electron chi connectivity index (χ0n) is 16.7. The molecule has 1 aromatic heterocycles. The van der Waals surface area contributed by atoms with Crippen molar-refractivity contribution >= 4 is 5.69 Å². The number of benzene rings is 1. The first-order chi connectivity index (χ1) is 13.1. The van der Waals surface area contributed by atoms with Gasteiger partial charge in [0.25, 0.3) is 0 Å². The van der Waals surface area contributed by atoms with Gasteiger partial charge < -0.3 is 14.7 Å². The molecule has 1 fully saturated rings. The average Bonchev–Trinajstić information content (AvgIpc) is 2.67. The van der Waals surface area contributed by atoms with Crippen LogP contribution in [-0.4, -0.2) is 35.3 Å². The molecule has 1 aliphatic heterocycles. The first-order valence-corrected chi connectivity index (χ1v) is 9.98. The number of ether oxygens (including phenoxy) is 1. The van der Waals surface area contributed by atoms with E-state index in [0.717, 1.165) is 44.6 Å². The maximum Gasteiger partial charge on any atom is 0.160 e. The van der Waals surface area contributed by atoms with E-state index in [1.54, 1.807) is 7.11 Å². The minimum Gasteiger partial charge on any atom is -0.504 e. The molecule has 0 saturated carbocycles. The fourth-order valence-corrected chi connectivity index (χ4v) is 3.83. The van der Waals surface area contributed by atoms with E-state index in [0.29, 0.717) is 23.9 Å². The summed E-state index contributed by atoms with van der Waals surface area (Å²) in [5.74, 6) is 1.56. The van der Waals surface area contributed by atoms with E-state index in [-0.39, 0.29) is 5.75 Å². The molecule has 5 nitrogen and oxygen atoms in total. The summed E-state index contributed by atoms with van der Waals surface area (Å²) >= 11 is 0. The van der Waals surface area contributed by atoms with Crippen LogP contribution < -0.4 is 4.90 Å². The molecule has 0 spiro atoms. The van der Waals surface area contributed by atoms with Gasteiger partial charge >= 0.3 is 0 Å². The van der Waals surface area contributed by atoms with Gasteiger partial charge in [0.2, 0.25) is 0 Å². The maximum absolute atomic E-state index is 10.1. The lowest BCUT2D eigenvalue weighted by Gasteiger charge is -2.33. The maximum atomic E-state index is 10.1. The highest BCUT2D eigenvalue weighted by Gasteiger charge is 2.21. The number of rotatable bonds is 7. The van der Waals surface area contributed by atoms with Crippen molar-refractivity contribution in [3.63, 3.8) is 0 Å². The van der Waals surface area contributed by atoms with Crippen molar-refractivity contribution in [2.24, 2.45) is 5.92 Å². The van der Waals surface area contributed by atoms with Gasteiger partial charge in [0.1, 0.15) is 11.5 Å². The summed E-state index contributed by atoms with van der Waals surface area (Å²) in [6.07, 6.45) is 5.48. The molecule has 0 aliphatic carbocycles. The zero-order chi connectivity index (χ0) is 19.2. The van der Waals surface area contributed by atoms with Crippen LogP contribution >= 0.6 is 0 Å². The van der Waals surface area contributed by atoms with E-state index in [4.69, 9.17) is 4.74 Å². The molecule has 5 heteroatoms. The summed E-state index contributed by atoms with van der Waals surface area (Å²) in [5, 5.41) is 10.1. The Bertz CT molecular complexity index is 738. The molecule has 2 aromatic rings. The van der Waals surface area contributed by atoms with Gasteiger partial charge in [0.15, 0.2) is 5.75 Å². The van der Waals surface area contributed by atoms with Crippen LogP contribution in [0.5, 0.6) is 5.75 Å². The summed E-state index contributed by atoms with van der Waals surface area (Å²) in [6, 6.07) is 9.04. The molecule has 0 atom stereocenters. The predicted molar refractivity (Wildman–Crippen MR) is 108 cm³/mol. The lowest BCUT2D eigenvalue weighted by Crippen LogP contribution is -2.34. The van der Waals surface area contributed by atoms with Gasteiger partial charge in [-0.1, -0.05) is 25.5 Å². The minimum atomic E-state index is 0.155. The van der Waals surface area contributed by atoms with Gasteiger partial charge in [0, 0.05) is 32.3 Å². The number of anilines is 1. The average molecular weight is 370 g/mol. The molecule has 3 rings (SSSR count). The molecule has 0 amide bonds. The standard InChI is InChI=1S/C22H31N3O2/c1-4-5-17-6-8-19(9-7-17)25-12-10-18(11-13-25)14-21-23-16(2)22(26)20(24-21)15-27-3/h6-9,18,26H,4-5,10-15H2,1-3H3. The van der Waals surface area contributed by atoms with Gasteiger partial charge in [-0.25, -0.2) is 9.97 Å². The lowest BCUT2D eigenvalue weighted by atomic mass is 9.92. The Labute approximate surface area is 162 Å². The normalized spacial score (nSPS) is 15.3. The van der Waals surface area contributed by atoms with Gasteiger partial charge in [-0.3, -0.25) is 0 Å². The van der Waals surface area contributed by atoms with Crippen LogP contribution in [0.4, 0.5) is 5.69 Å². The van der Waals surface area contributed by atoms with Crippen molar-refractivity contribution in [3.05, 3.63) is 47.0 Å². The van der Waals surface area contributed by atoms with Crippen LogP contribution in [0.3, 0.4) is 0 Å². The fourth-order valence-electron chi connectivity index (χ4n) is 3.83. The Hall–Kier alpha value is -2.14. The van der Waals surface area contributed by atoms with E-state index in [1.165, 1.54) is 17.7 Å². The van der Waals surface area contributed by atoms with Crippen LogP contribution in [0.25, 0.3) is 0 Å². The molecular weight excluding hydrogens is 338 g/mol. The minimum absolute atomic E-state index is 0.155. The molecule has 1 N–H and O–H groups in total. The third kappa shape index (κ3) is 4.98. The van der Waals surface area contributed by atoms with Crippen molar-refractivity contribution in [2.45, 2.75) is 52.6 Å². The van der Waals surface area contributed by atoms with Crippen molar-refractivity contribution in [1.29, 1.82) is 0 Å². The lowest BCUT2D eigenvalue weighted by molar-refractivity contribution is 0.177. The van der Waals surface area contributed by atoms with Crippen molar-refractivity contribution in [3.8, 4) is 5.75 Å². The molecule has 2 heterocycles. The Morgan fingerprint density at radius 1 is 1.15 bits per heavy atom. The highest BCUT2D eigenvalue weighted by molar-refractivity contribution is 5.48. The largest absolute Gasteiger partial charge is 0.504 e. The molecule has 1 saturated heterocycles. The Morgan fingerprint density at radius 3 is 2.48 bits per heavy atom. The molecule has 0 unspecified atom stereocenters. The van der Waals surface area contributed by atoms with Gasteiger partial charge in [-0.15, -0.1) is 0 Å². The van der Waals surface area contributed by atoms with Gasteiger partial charge in [-0.2, -0.15) is 0 Å². The molecule has 146 valence electrons. The smallest absolute Gasteiger partial charge is 0.160 e. The second-order valence-electron chi connectivity index (χ2n) is 7.50. The van der Waals surface area contributed by atoms with Crippen LogP contribution in [0.1, 0.15) is 49.0 Å². The summed E-state index contributed by atoms with van der Waals surface area (Å²) < 4.78 is 5.14. The second-order valence-corrected chi connectivity index (χ2v) is 7.50. The van der Waals surface area contributed by atoms with Crippen molar-refractivity contribution < 1.29 is 9.84 Å². The summed E-state index contributed by atoms with van der Waals surface area (Å²) in [6.45, 7) is 6.49. The van der Waals surface area contributed by atoms with Crippen LogP contribution in [0.2, 0.25) is 0 Å². The number of piperidine rings is 1. The van der Waals surface area contributed by atoms with Crippen molar-refractivity contribution in [1.82, 2.24) is 9.97 Å². The molecule has 1 aliphatic rings. The second kappa shape index (κ2) is 9.18. The molecule has 27 heavy (non-hydrogen) atoms. The first-order valence-electron chi connectivity index (χ1n) is 9.98. The van der Waals surface area contributed by atoms with Gasteiger partial charge in [-0.05, 0) is 49.8 Å². The van der Waals surface area contributed by atoms with E-state index in [1.807, 2.05) is 6.92 Å². The number of aromatic nitrogens is 2. The van der Waals surface area contributed by atoms with E-state index >= 15 is 0 Å². The van der Waals surface area contributed by atoms with E-state index in [9.17, 15) is 5.11 Å². The molecule has 1 aromatic carbocycles. The fraction of sp³-hybridized carbons (Fsp3) is 0.545. The SMILES string of the molecule is CCCc1ccc(N2CCC(Cc3nc(C)c(O)c(COC)n3)CC2)cc1. The quantitative estimate of drug-likeness (QED) is 0.798. The number of methoxy groups -OCH3 is 1. The molecule has 0 radical (unpaired) electrons. The van der Waals surface area contributed by atoms with E-state index < -0.39 is 0 Å². The number of hydrogen-bond donors (Lipinski definition) is 1. The highest BCUT2D eigenvalue weighted by Crippen LogP contribution is 2.27. The highest BCUT2D eigenvalue weighted by atomic mass is 16.5. The number of aryl methyl sites for hydroxylation is 2. The van der Waals surface area contributed by atoms with Crippen molar-refractivity contribution in [2.75, 3.05) is 25.1 Å². The monoisotopic (exact) mass is 369 g/mol. The Balaban J connectivity index is 1.58. The van der Waals surface area contributed by atoms with E-state index in [2.05, 4.69) is 46.1 Å². The first kappa shape index (κ1) is 19.6. The third-order valence-corrected chi connectivity index (χ3v) is 5.38. The van der Waals surface area contributed by atoms with Crippen LogP contribution in [0.15, 0.2) is 24.3 Å². The Kier molecular flexibility index (Phi) is 6.67. The molecular formula is C22H31N3O2. The summed E-state index contributed by atoms with van der Waals surface area (Å²) in [4.78, 5) is 11.5. The third-order valence-electron chi connectivity index (χ3n) is 5.38. The number of aromatic hydroxyl groups is 1. The van der Waals surface area contributed by atoms with Crippen LogP contribution in [-0.2, 0) is 24.2 Å². The predicted octanol–water partition coefficient (Wildman–Crippen LogP) is 4.05.